The van der Waals surface area contributed by atoms with Gasteiger partial charge in [0.15, 0.2) is 5.84 Å². The van der Waals surface area contributed by atoms with Crippen molar-refractivity contribution in [3.8, 4) is 5.75 Å². The first-order valence-corrected chi connectivity index (χ1v) is 6.16. The van der Waals surface area contributed by atoms with Crippen molar-refractivity contribution in [3.05, 3.63) is 24.3 Å². The molecule has 1 fully saturated rings. The molecule has 0 unspecified atom stereocenters. The number of nitrogens with two attached hydrogens (primary N) is 1. The monoisotopic (exact) mass is 263 g/mol. The van der Waals surface area contributed by atoms with Crippen molar-refractivity contribution in [3.63, 3.8) is 0 Å². The predicted molar refractivity (Wildman–Crippen MR) is 71.3 cm³/mol. The number of anilines is 1. The van der Waals surface area contributed by atoms with E-state index < -0.39 is 0 Å². The minimum absolute atomic E-state index is 0.00399. The molecule has 1 aromatic rings. The second-order valence-corrected chi connectivity index (χ2v) is 4.60. The first-order valence-electron chi connectivity index (χ1n) is 6.16. The normalized spacial score (nSPS) is 15.1. The first kappa shape index (κ1) is 13.2. The summed E-state index contributed by atoms with van der Waals surface area (Å²) in [5.74, 6) is 1.12. The summed E-state index contributed by atoms with van der Waals surface area (Å²) in [7, 11) is 0. The molecule has 1 aliphatic rings. The number of nitrogens with zero attached hydrogens (tertiary/aromatic N) is 1. The lowest BCUT2D eigenvalue weighted by atomic mass is 10.2. The Morgan fingerprint density at radius 1 is 1.53 bits per heavy atom. The van der Waals surface area contributed by atoms with Crippen molar-refractivity contribution in [1.82, 2.24) is 0 Å². The summed E-state index contributed by atoms with van der Waals surface area (Å²) in [6.45, 7) is -0.00399. The summed E-state index contributed by atoms with van der Waals surface area (Å²) in [5, 5.41) is 14.0. The largest absolute Gasteiger partial charge is 0.485 e. The third-order valence-electron chi connectivity index (χ3n) is 2.80. The molecule has 6 nitrogen and oxygen atoms in total. The molecule has 1 amide bonds. The molecule has 0 bridgehead atoms. The van der Waals surface area contributed by atoms with E-state index in [9.17, 15) is 4.79 Å². The lowest BCUT2D eigenvalue weighted by Crippen LogP contribution is -2.20. The molecule has 0 saturated heterocycles. The lowest BCUT2D eigenvalue weighted by Gasteiger charge is -2.08. The van der Waals surface area contributed by atoms with Crippen LogP contribution < -0.4 is 15.8 Å². The zero-order chi connectivity index (χ0) is 13.7. The van der Waals surface area contributed by atoms with Crippen LogP contribution in [0.1, 0.15) is 19.3 Å². The zero-order valence-electron chi connectivity index (χ0n) is 10.5. The van der Waals surface area contributed by atoms with Crippen LogP contribution in [0.4, 0.5) is 5.69 Å². The fourth-order valence-corrected chi connectivity index (χ4v) is 1.65. The Labute approximate surface area is 111 Å². The molecule has 0 aliphatic heterocycles. The summed E-state index contributed by atoms with van der Waals surface area (Å²) < 4.78 is 5.31. The number of nitrogens with one attached hydrogen (secondary N) is 1. The van der Waals surface area contributed by atoms with Crippen LogP contribution in [0.25, 0.3) is 0 Å². The number of oxime groups is 1. The van der Waals surface area contributed by atoms with Gasteiger partial charge in [-0.05, 0) is 30.9 Å². The van der Waals surface area contributed by atoms with Crippen molar-refractivity contribution < 1.29 is 14.7 Å². The Balaban J connectivity index is 1.88. The van der Waals surface area contributed by atoms with Crippen LogP contribution in [-0.4, -0.2) is 23.6 Å². The average Bonchev–Trinajstić information content (AvgIpc) is 3.20. The van der Waals surface area contributed by atoms with Gasteiger partial charge in [0, 0.05) is 18.2 Å². The van der Waals surface area contributed by atoms with E-state index in [1.54, 1.807) is 24.3 Å². The second-order valence-electron chi connectivity index (χ2n) is 4.60. The molecule has 6 heteroatoms. The molecule has 0 spiro atoms. The van der Waals surface area contributed by atoms with Crippen LogP contribution in [0.2, 0.25) is 0 Å². The van der Waals surface area contributed by atoms with Crippen molar-refractivity contribution >= 4 is 17.4 Å². The van der Waals surface area contributed by atoms with Gasteiger partial charge in [0.05, 0.1) is 0 Å². The smallest absolute Gasteiger partial charge is 0.224 e. The van der Waals surface area contributed by atoms with Crippen LogP contribution >= 0.6 is 0 Å². The Kier molecular flexibility index (Phi) is 4.22. The minimum atomic E-state index is -0.0110. The number of rotatable bonds is 6. The number of hydrogen-bond acceptors (Lipinski definition) is 4. The molecule has 4 N–H and O–H groups in total. The average molecular weight is 263 g/mol. The Morgan fingerprint density at radius 2 is 2.32 bits per heavy atom. The van der Waals surface area contributed by atoms with Crippen LogP contribution in [0.15, 0.2) is 29.4 Å². The van der Waals surface area contributed by atoms with Crippen molar-refractivity contribution in [2.45, 2.75) is 19.3 Å². The third kappa shape index (κ3) is 4.50. The number of amides is 1. The van der Waals surface area contributed by atoms with Crippen molar-refractivity contribution in [1.29, 1.82) is 0 Å². The van der Waals surface area contributed by atoms with Gasteiger partial charge < -0.3 is 21.0 Å². The van der Waals surface area contributed by atoms with E-state index in [-0.39, 0.29) is 18.3 Å². The summed E-state index contributed by atoms with van der Waals surface area (Å²) in [6, 6.07) is 7.01. The highest BCUT2D eigenvalue weighted by Gasteiger charge is 2.24. The highest BCUT2D eigenvalue weighted by atomic mass is 16.5. The van der Waals surface area contributed by atoms with E-state index in [1.807, 2.05) is 0 Å². The van der Waals surface area contributed by atoms with Crippen molar-refractivity contribution in [2.24, 2.45) is 16.8 Å². The van der Waals surface area contributed by atoms with Crippen LogP contribution in [0.3, 0.4) is 0 Å². The van der Waals surface area contributed by atoms with Gasteiger partial charge in [-0.3, -0.25) is 4.79 Å². The topological polar surface area (TPSA) is 96.9 Å². The van der Waals surface area contributed by atoms with Crippen LogP contribution in [0, 0.1) is 5.92 Å². The Hall–Kier alpha value is -2.24. The van der Waals surface area contributed by atoms with E-state index in [2.05, 4.69) is 10.5 Å². The van der Waals surface area contributed by atoms with Gasteiger partial charge in [0.2, 0.25) is 5.91 Å². The maximum atomic E-state index is 11.7. The number of hydrogen-bond donors (Lipinski definition) is 3. The summed E-state index contributed by atoms with van der Waals surface area (Å²) in [4.78, 5) is 11.7. The van der Waals surface area contributed by atoms with E-state index in [0.717, 1.165) is 12.8 Å². The first-order chi connectivity index (χ1) is 9.17. The molecular weight excluding hydrogens is 246 g/mol. The highest BCUT2D eigenvalue weighted by Crippen LogP contribution is 2.32. The molecule has 19 heavy (non-hydrogen) atoms. The maximum Gasteiger partial charge on any atom is 0.224 e. The summed E-state index contributed by atoms with van der Waals surface area (Å²) in [5.41, 5.74) is 5.99. The minimum Gasteiger partial charge on any atom is -0.485 e. The number of benzene rings is 1. The van der Waals surface area contributed by atoms with Gasteiger partial charge in [-0.1, -0.05) is 11.2 Å². The molecule has 0 radical (unpaired) electrons. The molecule has 0 atom stereocenters. The molecule has 2 rings (SSSR count). The second kappa shape index (κ2) is 6.08. The van der Waals surface area contributed by atoms with Gasteiger partial charge in [-0.2, -0.15) is 0 Å². The molecule has 1 saturated carbocycles. The van der Waals surface area contributed by atoms with E-state index in [1.165, 1.54) is 0 Å². The zero-order valence-corrected chi connectivity index (χ0v) is 10.5. The van der Waals surface area contributed by atoms with E-state index >= 15 is 0 Å². The highest BCUT2D eigenvalue weighted by molar-refractivity contribution is 5.91. The van der Waals surface area contributed by atoms with Crippen LogP contribution in [-0.2, 0) is 4.79 Å². The van der Waals surface area contributed by atoms with Gasteiger partial charge >= 0.3 is 0 Å². The number of amidine groups is 1. The molecule has 0 aromatic heterocycles. The Bertz CT molecular complexity index is 484. The fraction of sp³-hybridized carbons (Fsp3) is 0.385. The lowest BCUT2D eigenvalue weighted by molar-refractivity contribution is -0.116. The van der Waals surface area contributed by atoms with Gasteiger partial charge in [0.1, 0.15) is 12.4 Å². The summed E-state index contributed by atoms with van der Waals surface area (Å²) >= 11 is 0. The van der Waals surface area contributed by atoms with Crippen LogP contribution in [0.5, 0.6) is 5.75 Å². The summed E-state index contributed by atoms with van der Waals surface area (Å²) in [6.07, 6.45) is 2.88. The fourth-order valence-electron chi connectivity index (χ4n) is 1.65. The number of ether oxygens (including phenoxy) is 1. The van der Waals surface area contributed by atoms with Gasteiger partial charge in [0.25, 0.3) is 0 Å². The quantitative estimate of drug-likeness (QED) is 0.314. The third-order valence-corrected chi connectivity index (χ3v) is 2.80. The molecule has 1 aromatic carbocycles. The van der Waals surface area contributed by atoms with Gasteiger partial charge in [-0.25, -0.2) is 0 Å². The molecule has 1 aliphatic carbocycles. The predicted octanol–water partition coefficient (Wildman–Crippen LogP) is 1.55. The SMILES string of the molecule is NC(COc1cccc(NC(=O)CC2CC2)c1)=NO. The Morgan fingerprint density at radius 3 is 3.00 bits per heavy atom. The van der Waals surface area contributed by atoms with E-state index in [4.69, 9.17) is 15.7 Å². The molecule has 0 heterocycles. The van der Waals surface area contributed by atoms with E-state index in [0.29, 0.717) is 23.8 Å². The van der Waals surface area contributed by atoms with Crippen molar-refractivity contribution in [2.75, 3.05) is 11.9 Å². The van der Waals surface area contributed by atoms with Gasteiger partial charge in [-0.15, -0.1) is 0 Å². The standard InChI is InChI=1S/C13H17N3O3/c14-12(16-18)8-19-11-3-1-2-10(7-11)15-13(17)6-9-4-5-9/h1-3,7,9,18H,4-6,8H2,(H2,14,16)(H,15,17). The molecular formula is C13H17N3O3. The number of carbonyl (C=O) groups excluding carboxylic acids is 1. The maximum absolute atomic E-state index is 11.7. The molecule has 102 valence electrons. The number of carbonyl (C=O) groups is 1.